The minimum absolute atomic E-state index is 0.0245. The highest BCUT2D eigenvalue weighted by Gasteiger charge is 2.54. The highest BCUT2D eigenvalue weighted by atomic mass is 127. The largest absolute Gasteiger partial charge is 0.418 e. The third-order valence-electron chi connectivity index (χ3n) is 2.99. The molecule has 100 valence electrons. The number of alkyl halides is 1. The van der Waals surface area contributed by atoms with E-state index in [9.17, 15) is 0 Å². The summed E-state index contributed by atoms with van der Waals surface area (Å²) in [5.74, 6) is -0.489. The van der Waals surface area contributed by atoms with E-state index in [-0.39, 0.29) is 24.4 Å². The average Bonchev–Trinajstić information content (AvgIpc) is 2.68. The summed E-state index contributed by atoms with van der Waals surface area (Å²) in [4.78, 5) is 0. The van der Waals surface area contributed by atoms with Gasteiger partial charge in [0, 0.05) is 4.43 Å². The first kappa shape index (κ1) is 14.2. The molecule has 2 aliphatic heterocycles. The van der Waals surface area contributed by atoms with E-state index in [1.54, 1.807) is 0 Å². The van der Waals surface area contributed by atoms with Crippen molar-refractivity contribution >= 4 is 31.6 Å². The van der Waals surface area contributed by atoms with Gasteiger partial charge in [-0.1, -0.05) is 22.6 Å². The van der Waals surface area contributed by atoms with Crippen molar-refractivity contribution in [1.29, 1.82) is 0 Å². The van der Waals surface area contributed by atoms with Gasteiger partial charge in [-0.15, -0.1) is 0 Å². The van der Waals surface area contributed by atoms with Gasteiger partial charge in [-0.3, -0.25) is 0 Å². The molecule has 6 heteroatoms. The van der Waals surface area contributed by atoms with Gasteiger partial charge >= 0.3 is 0 Å². The molecule has 2 saturated heterocycles. The fraction of sp³-hybridized carbons (Fsp3) is 1.00. The Bertz CT molecular complexity index is 274. The molecule has 0 N–H and O–H groups in total. The molecule has 0 aromatic rings. The second-order valence-corrected chi connectivity index (χ2v) is 8.63. The van der Waals surface area contributed by atoms with Crippen LogP contribution in [0.1, 0.15) is 13.8 Å². The molecule has 2 rings (SSSR count). The van der Waals surface area contributed by atoms with Crippen LogP contribution in [0.4, 0.5) is 0 Å². The van der Waals surface area contributed by atoms with E-state index in [0.29, 0.717) is 6.61 Å². The first-order valence-electron chi connectivity index (χ1n) is 6.11. The number of hydrogen-bond acceptors (Lipinski definition) is 4. The summed E-state index contributed by atoms with van der Waals surface area (Å²) < 4.78 is 24.5. The van der Waals surface area contributed by atoms with Gasteiger partial charge in [-0.05, 0) is 26.9 Å². The van der Waals surface area contributed by atoms with Crippen molar-refractivity contribution in [2.45, 2.75) is 57.1 Å². The number of hydrogen-bond donors (Lipinski definition) is 0. The Morgan fingerprint density at radius 1 is 1.18 bits per heavy atom. The predicted octanol–water partition coefficient (Wildman–Crippen LogP) is 1.71. The molecule has 0 aromatic carbocycles. The second kappa shape index (κ2) is 5.42. The Balaban J connectivity index is 2.00. The maximum absolute atomic E-state index is 5.96. The van der Waals surface area contributed by atoms with Gasteiger partial charge in [0.25, 0.3) is 0 Å². The molecule has 0 saturated carbocycles. The van der Waals surface area contributed by atoms with E-state index < -0.39 is 14.8 Å². The van der Waals surface area contributed by atoms with Crippen LogP contribution >= 0.6 is 22.6 Å². The molecule has 0 amide bonds. The van der Waals surface area contributed by atoms with Gasteiger partial charge in [-0.2, -0.15) is 0 Å². The summed E-state index contributed by atoms with van der Waals surface area (Å²) in [6.45, 7) is 8.89. The van der Waals surface area contributed by atoms with E-state index in [1.807, 2.05) is 13.8 Å². The fourth-order valence-electron chi connectivity index (χ4n) is 2.32. The van der Waals surface area contributed by atoms with Crippen LogP contribution in [0.25, 0.3) is 0 Å². The van der Waals surface area contributed by atoms with Crippen LogP contribution in [0.5, 0.6) is 0 Å². The normalized spacial score (nSPS) is 39.9. The molecule has 2 aliphatic rings. The first-order chi connectivity index (χ1) is 7.93. The Morgan fingerprint density at radius 2 is 1.76 bits per heavy atom. The smallest absolute Gasteiger partial charge is 0.171 e. The zero-order valence-corrected chi connectivity index (χ0v) is 14.1. The summed E-state index contributed by atoms with van der Waals surface area (Å²) in [7, 11) is -1.01. The van der Waals surface area contributed by atoms with Gasteiger partial charge in [-0.25, -0.2) is 0 Å². The quantitative estimate of drug-likeness (QED) is 0.428. The van der Waals surface area contributed by atoms with Gasteiger partial charge in [0.15, 0.2) is 14.8 Å². The maximum atomic E-state index is 5.96. The molecule has 4 atom stereocenters. The number of fused-ring (bicyclic) bond motifs is 1. The van der Waals surface area contributed by atoms with Crippen molar-refractivity contribution in [3.63, 3.8) is 0 Å². The molecule has 2 fully saturated rings. The third-order valence-corrected chi connectivity index (χ3v) is 4.72. The number of ether oxygens (including phenoxy) is 3. The minimum Gasteiger partial charge on any atom is -0.418 e. The molecular formula is C11H21IO4Si. The Hall–Kier alpha value is 0.787. The molecule has 0 bridgehead atoms. The lowest BCUT2D eigenvalue weighted by Gasteiger charge is -2.24. The molecule has 0 radical (unpaired) electrons. The van der Waals surface area contributed by atoms with Crippen LogP contribution in [-0.4, -0.2) is 50.3 Å². The summed E-state index contributed by atoms with van der Waals surface area (Å²) in [5, 5.41) is 0. The molecule has 0 unspecified atom stereocenters. The van der Waals surface area contributed by atoms with Crippen molar-refractivity contribution in [2.24, 2.45) is 0 Å². The molecule has 0 aromatic heterocycles. The van der Waals surface area contributed by atoms with Crippen LogP contribution in [-0.2, 0) is 18.6 Å². The Labute approximate surface area is 118 Å². The second-order valence-electron chi connectivity index (χ2n) is 5.31. The van der Waals surface area contributed by atoms with Crippen LogP contribution in [0.2, 0.25) is 13.1 Å². The van der Waals surface area contributed by atoms with Gasteiger partial charge in [0.2, 0.25) is 0 Å². The molecule has 17 heavy (non-hydrogen) atoms. The topological polar surface area (TPSA) is 36.9 Å². The van der Waals surface area contributed by atoms with E-state index in [1.165, 1.54) is 0 Å². The van der Waals surface area contributed by atoms with Crippen molar-refractivity contribution in [3.05, 3.63) is 0 Å². The minimum atomic E-state index is -1.01. The van der Waals surface area contributed by atoms with Crippen molar-refractivity contribution in [2.75, 3.05) is 11.0 Å². The van der Waals surface area contributed by atoms with Gasteiger partial charge in [0.05, 0.1) is 12.7 Å². The van der Waals surface area contributed by atoms with E-state index >= 15 is 0 Å². The van der Waals surface area contributed by atoms with Crippen molar-refractivity contribution in [3.8, 4) is 0 Å². The Morgan fingerprint density at radius 3 is 2.29 bits per heavy atom. The summed E-state index contributed by atoms with van der Waals surface area (Å²) in [6.07, 6.45) is 0.239. The highest BCUT2D eigenvalue weighted by molar-refractivity contribution is 14.1. The lowest BCUT2D eigenvalue weighted by Crippen LogP contribution is -2.34. The number of halogens is 1. The van der Waals surface area contributed by atoms with Crippen LogP contribution in [0.15, 0.2) is 0 Å². The average molecular weight is 372 g/mol. The van der Waals surface area contributed by atoms with Crippen molar-refractivity contribution < 1.29 is 18.6 Å². The van der Waals surface area contributed by atoms with Crippen LogP contribution in [0.3, 0.4) is 0 Å². The van der Waals surface area contributed by atoms with Crippen LogP contribution < -0.4 is 0 Å². The molecular weight excluding hydrogens is 351 g/mol. The molecule has 0 spiro atoms. The lowest BCUT2D eigenvalue weighted by atomic mass is 10.1. The SMILES string of the molecule is C[SiH](C)OC[C@H]1O[C@H](CI)[C@@H]2OC(C)(C)O[C@@H]21. The van der Waals surface area contributed by atoms with Crippen molar-refractivity contribution in [1.82, 2.24) is 0 Å². The standard InChI is InChI=1S/C11H21IO4Si/c1-11(2)15-9-7(5-12)14-8(10(9)16-11)6-13-17(3)4/h7-10,17H,5-6H2,1-4H3/t7-,8-,9+,10-/m1/s1. The maximum Gasteiger partial charge on any atom is 0.171 e. The Kier molecular flexibility index (Phi) is 4.53. The van der Waals surface area contributed by atoms with Gasteiger partial charge in [0.1, 0.15) is 18.3 Å². The molecule has 0 aliphatic carbocycles. The summed E-state index contributed by atoms with van der Waals surface area (Å²) >= 11 is 2.34. The first-order valence-corrected chi connectivity index (χ1v) is 10.4. The van der Waals surface area contributed by atoms with Crippen LogP contribution in [0, 0.1) is 0 Å². The van der Waals surface area contributed by atoms with Gasteiger partial charge < -0.3 is 18.6 Å². The zero-order chi connectivity index (χ0) is 12.6. The van der Waals surface area contributed by atoms with E-state index in [4.69, 9.17) is 18.6 Å². The summed E-state index contributed by atoms with van der Waals surface area (Å²) in [6, 6.07) is 0. The highest BCUT2D eigenvalue weighted by Crippen LogP contribution is 2.39. The zero-order valence-electron chi connectivity index (χ0n) is 10.8. The van der Waals surface area contributed by atoms with E-state index in [0.717, 1.165) is 4.43 Å². The number of rotatable bonds is 4. The molecule has 2 heterocycles. The third kappa shape index (κ3) is 3.22. The fourth-order valence-corrected chi connectivity index (χ4v) is 3.60. The van der Waals surface area contributed by atoms with E-state index in [2.05, 4.69) is 35.7 Å². The lowest BCUT2D eigenvalue weighted by molar-refractivity contribution is -0.186. The predicted molar refractivity (Wildman–Crippen MR) is 76.2 cm³/mol. The monoisotopic (exact) mass is 372 g/mol. The summed E-state index contributed by atoms with van der Waals surface area (Å²) in [5.41, 5.74) is 0. The molecule has 4 nitrogen and oxygen atoms in total.